The van der Waals surface area contributed by atoms with Crippen molar-refractivity contribution in [1.82, 2.24) is 0 Å². The van der Waals surface area contributed by atoms with Crippen LogP contribution in [0.4, 0.5) is 4.39 Å². The Morgan fingerprint density at radius 2 is 1.89 bits per heavy atom. The summed E-state index contributed by atoms with van der Waals surface area (Å²) < 4.78 is 18.2. The predicted molar refractivity (Wildman–Crippen MR) is 66.9 cm³/mol. The van der Waals surface area contributed by atoms with Crippen LogP contribution in [0.2, 0.25) is 10.0 Å². The maximum absolute atomic E-state index is 13.6. The molecule has 0 radical (unpaired) electrons. The van der Waals surface area contributed by atoms with Crippen LogP contribution in [-0.2, 0) is 9.53 Å². The number of Topliss-reactive ketones (excluding diaryl/α,β-unsaturated/α-hetero) is 1. The predicted octanol–water partition coefficient (Wildman–Crippen LogP) is 3.47. The molecule has 1 aromatic rings. The van der Waals surface area contributed by atoms with Crippen LogP contribution in [0, 0.1) is 0 Å². The summed E-state index contributed by atoms with van der Waals surface area (Å²) in [6, 6.07) is 4.31. The zero-order valence-electron chi connectivity index (χ0n) is 9.58. The van der Waals surface area contributed by atoms with Gasteiger partial charge in [0.2, 0.25) is 5.78 Å². The van der Waals surface area contributed by atoms with Gasteiger partial charge in [0.05, 0.1) is 22.2 Å². The number of benzene rings is 1. The van der Waals surface area contributed by atoms with E-state index in [1.165, 1.54) is 18.2 Å². The Morgan fingerprint density at radius 1 is 1.33 bits per heavy atom. The molecule has 1 rings (SSSR count). The zero-order chi connectivity index (χ0) is 13.7. The smallest absolute Gasteiger partial charge is 0.349 e. The van der Waals surface area contributed by atoms with E-state index in [4.69, 9.17) is 23.2 Å². The van der Waals surface area contributed by atoms with E-state index in [0.29, 0.717) is 6.42 Å². The van der Waals surface area contributed by atoms with Crippen molar-refractivity contribution in [2.24, 2.45) is 0 Å². The molecule has 0 aliphatic heterocycles. The molecule has 0 saturated carbocycles. The van der Waals surface area contributed by atoms with Crippen LogP contribution in [0.3, 0.4) is 0 Å². The summed E-state index contributed by atoms with van der Waals surface area (Å²) in [7, 11) is 0. The molecule has 1 unspecified atom stereocenters. The molecule has 0 bridgehead atoms. The van der Waals surface area contributed by atoms with Gasteiger partial charge in [0, 0.05) is 0 Å². The first-order valence-corrected chi connectivity index (χ1v) is 6.03. The van der Waals surface area contributed by atoms with Crippen molar-refractivity contribution >= 4 is 35.0 Å². The highest BCUT2D eigenvalue weighted by atomic mass is 35.5. The van der Waals surface area contributed by atoms with Gasteiger partial charge < -0.3 is 4.74 Å². The first-order chi connectivity index (χ1) is 8.49. The maximum Gasteiger partial charge on any atom is 0.349 e. The summed E-state index contributed by atoms with van der Waals surface area (Å²) in [5.41, 5.74) is -0.207. The zero-order valence-corrected chi connectivity index (χ0v) is 11.1. The lowest BCUT2D eigenvalue weighted by Crippen LogP contribution is -2.28. The van der Waals surface area contributed by atoms with Gasteiger partial charge in [-0.1, -0.05) is 36.2 Å². The van der Waals surface area contributed by atoms with Crippen molar-refractivity contribution in [1.29, 1.82) is 0 Å². The minimum Gasteiger partial charge on any atom is -0.463 e. The quantitative estimate of drug-likeness (QED) is 0.474. The molecule has 0 aromatic heterocycles. The normalized spacial score (nSPS) is 12.0. The summed E-state index contributed by atoms with van der Waals surface area (Å²) in [6.07, 6.45) is -1.87. The van der Waals surface area contributed by atoms with Gasteiger partial charge in [-0.2, -0.15) is 0 Å². The second kappa shape index (κ2) is 6.71. The maximum atomic E-state index is 13.6. The summed E-state index contributed by atoms with van der Waals surface area (Å²) in [5, 5.41) is -0.00289. The summed E-state index contributed by atoms with van der Waals surface area (Å²) in [4.78, 5) is 23.0. The highest BCUT2D eigenvalue weighted by Crippen LogP contribution is 2.26. The molecular weight excluding hydrogens is 282 g/mol. The van der Waals surface area contributed by atoms with Gasteiger partial charge in [-0.25, -0.2) is 9.18 Å². The Hall–Kier alpha value is -1.13. The molecule has 3 nitrogen and oxygen atoms in total. The Balaban J connectivity index is 2.90. The van der Waals surface area contributed by atoms with Crippen LogP contribution >= 0.6 is 23.2 Å². The highest BCUT2D eigenvalue weighted by Gasteiger charge is 2.31. The SMILES string of the molecule is CCCOC(=O)C(F)C(=O)c1c(Cl)cccc1Cl. The van der Waals surface area contributed by atoms with Gasteiger partial charge in [-0.15, -0.1) is 0 Å². The van der Waals surface area contributed by atoms with Crippen molar-refractivity contribution < 1.29 is 18.7 Å². The number of ether oxygens (including phenoxy) is 1. The first kappa shape index (κ1) is 14.9. The van der Waals surface area contributed by atoms with E-state index in [-0.39, 0.29) is 22.2 Å². The fourth-order valence-electron chi connectivity index (χ4n) is 1.24. The van der Waals surface area contributed by atoms with Crippen molar-refractivity contribution in [3.05, 3.63) is 33.8 Å². The van der Waals surface area contributed by atoms with Crippen LogP contribution in [0.25, 0.3) is 0 Å². The number of rotatable bonds is 5. The average molecular weight is 293 g/mol. The monoisotopic (exact) mass is 292 g/mol. The van der Waals surface area contributed by atoms with Crippen LogP contribution in [0.1, 0.15) is 23.7 Å². The number of alkyl halides is 1. The van der Waals surface area contributed by atoms with E-state index >= 15 is 0 Å². The average Bonchev–Trinajstić information content (AvgIpc) is 2.34. The second-order valence-electron chi connectivity index (χ2n) is 3.49. The number of carbonyl (C=O) groups is 2. The number of esters is 1. The molecule has 1 aromatic carbocycles. The van der Waals surface area contributed by atoms with Gasteiger partial charge in [0.1, 0.15) is 0 Å². The van der Waals surface area contributed by atoms with Gasteiger partial charge in [-0.05, 0) is 18.6 Å². The number of halogens is 3. The number of hydrogen-bond donors (Lipinski definition) is 0. The van der Waals surface area contributed by atoms with Crippen LogP contribution in [0.15, 0.2) is 18.2 Å². The van der Waals surface area contributed by atoms with E-state index in [0.717, 1.165) is 0 Å². The molecule has 0 spiro atoms. The summed E-state index contributed by atoms with van der Waals surface area (Å²) in [6.45, 7) is 1.82. The lowest BCUT2D eigenvalue weighted by atomic mass is 10.1. The topological polar surface area (TPSA) is 43.4 Å². The third-order valence-corrected chi connectivity index (χ3v) is 2.72. The fraction of sp³-hybridized carbons (Fsp3) is 0.333. The van der Waals surface area contributed by atoms with Crippen LogP contribution in [0.5, 0.6) is 0 Å². The van der Waals surface area contributed by atoms with E-state index < -0.39 is 17.9 Å². The standard InChI is InChI=1S/C12H11Cl2FO3/c1-2-6-18-12(17)10(15)11(16)9-7(13)4-3-5-8(9)14/h3-5,10H,2,6H2,1H3. The molecule has 0 aliphatic carbocycles. The van der Waals surface area contributed by atoms with Gasteiger partial charge in [-0.3, -0.25) is 4.79 Å². The number of carbonyl (C=O) groups excluding carboxylic acids is 2. The molecule has 0 amide bonds. The van der Waals surface area contributed by atoms with Crippen molar-refractivity contribution in [3.8, 4) is 0 Å². The van der Waals surface area contributed by atoms with Gasteiger partial charge in [0.25, 0.3) is 6.17 Å². The fourth-order valence-corrected chi connectivity index (χ4v) is 1.83. The van der Waals surface area contributed by atoms with Crippen LogP contribution < -0.4 is 0 Å². The Morgan fingerprint density at radius 3 is 2.39 bits per heavy atom. The number of hydrogen-bond acceptors (Lipinski definition) is 3. The molecule has 0 N–H and O–H groups in total. The van der Waals surface area contributed by atoms with E-state index in [9.17, 15) is 14.0 Å². The van der Waals surface area contributed by atoms with Gasteiger partial charge in [0.15, 0.2) is 0 Å². The van der Waals surface area contributed by atoms with E-state index in [2.05, 4.69) is 4.74 Å². The number of ketones is 1. The van der Waals surface area contributed by atoms with Crippen LogP contribution in [-0.4, -0.2) is 24.5 Å². The van der Waals surface area contributed by atoms with E-state index in [1.807, 2.05) is 0 Å². The van der Waals surface area contributed by atoms with Crippen molar-refractivity contribution in [2.45, 2.75) is 19.5 Å². The largest absolute Gasteiger partial charge is 0.463 e. The molecule has 98 valence electrons. The summed E-state index contributed by atoms with van der Waals surface area (Å²) in [5.74, 6) is -2.32. The van der Waals surface area contributed by atoms with Gasteiger partial charge >= 0.3 is 5.97 Å². The Bertz CT molecular complexity index is 442. The van der Waals surface area contributed by atoms with Crippen molar-refractivity contribution in [2.75, 3.05) is 6.61 Å². The molecule has 0 saturated heterocycles. The third kappa shape index (κ3) is 3.43. The molecule has 0 aliphatic rings. The molecule has 18 heavy (non-hydrogen) atoms. The molecule has 0 heterocycles. The minimum atomic E-state index is -2.41. The lowest BCUT2D eigenvalue weighted by Gasteiger charge is -2.09. The Labute approximate surface area is 114 Å². The lowest BCUT2D eigenvalue weighted by molar-refractivity contribution is -0.147. The minimum absolute atomic E-state index is 0.00144. The molecular formula is C12H11Cl2FO3. The van der Waals surface area contributed by atoms with E-state index in [1.54, 1.807) is 6.92 Å². The first-order valence-electron chi connectivity index (χ1n) is 5.28. The third-order valence-electron chi connectivity index (χ3n) is 2.09. The van der Waals surface area contributed by atoms with Crippen molar-refractivity contribution in [3.63, 3.8) is 0 Å². The highest BCUT2D eigenvalue weighted by molar-refractivity contribution is 6.40. The second-order valence-corrected chi connectivity index (χ2v) is 4.31. The molecule has 6 heteroatoms. The molecule has 0 fully saturated rings. The summed E-state index contributed by atoms with van der Waals surface area (Å²) >= 11 is 11.5. The Kier molecular flexibility index (Phi) is 5.56. The molecule has 1 atom stereocenters.